The van der Waals surface area contributed by atoms with Gasteiger partial charge in [-0.05, 0) is 66.6 Å². The molecule has 0 unspecified atom stereocenters. The quantitative estimate of drug-likeness (QED) is 0.588. The van der Waals surface area contributed by atoms with Crippen molar-refractivity contribution in [1.82, 2.24) is 4.90 Å². The minimum Gasteiger partial charge on any atom is -0.493 e. The topological polar surface area (TPSA) is 57.2 Å². The highest BCUT2D eigenvalue weighted by Gasteiger charge is 2.43. The van der Waals surface area contributed by atoms with Crippen LogP contribution in [0, 0.1) is 5.41 Å². The summed E-state index contributed by atoms with van der Waals surface area (Å²) in [6.07, 6.45) is 4.58. The molecule has 2 aromatic rings. The molecule has 0 saturated heterocycles. The molecule has 3 aliphatic heterocycles. The van der Waals surface area contributed by atoms with Crippen LogP contribution in [0.1, 0.15) is 56.2 Å². The molecular formula is C29H31NO5. The summed E-state index contributed by atoms with van der Waals surface area (Å²) in [7, 11) is 1.65. The van der Waals surface area contributed by atoms with Crippen molar-refractivity contribution in [3.63, 3.8) is 0 Å². The smallest absolute Gasteiger partial charge is 0.231 e. The van der Waals surface area contributed by atoms with E-state index in [4.69, 9.17) is 18.9 Å². The standard InChI is InChI=1S/C29H31NO5/c1-5-33-24-7-6-17(10-25(24)32-4)20-12-21-19-13-27-26(34-16-35-27)11-18(19)8-9-30(21)22-14-29(2,3)15-23(31)28(20)22/h6-7,10-13,20H,5,8-9,14-16H2,1-4H3/t20-/m0/s1. The Balaban J connectivity index is 1.53. The summed E-state index contributed by atoms with van der Waals surface area (Å²) in [4.78, 5) is 16.0. The highest BCUT2D eigenvalue weighted by molar-refractivity contribution is 6.01. The van der Waals surface area contributed by atoms with E-state index in [2.05, 4.69) is 43.0 Å². The largest absolute Gasteiger partial charge is 0.493 e. The molecule has 0 saturated carbocycles. The normalized spacial score (nSPS) is 21.7. The first-order chi connectivity index (χ1) is 16.9. The summed E-state index contributed by atoms with van der Waals surface area (Å²) in [5, 5.41) is 0. The van der Waals surface area contributed by atoms with Crippen LogP contribution >= 0.6 is 0 Å². The number of hydrogen-bond donors (Lipinski definition) is 0. The van der Waals surface area contributed by atoms with Crippen molar-refractivity contribution < 1.29 is 23.7 Å². The first-order valence-corrected chi connectivity index (χ1v) is 12.4. The molecule has 6 heteroatoms. The Labute approximate surface area is 206 Å². The molecule has 1 aliphatic carbocycles. The van der Waals surface area contributed by atoms with Gasteiger partial charge in [0.15, 0.2) is 28.8 Å². The lowest BCUT2D eigenvalue weighted by Crippen LogP contribution is -2.40. The molecule has 6 nitrogen and oxygen atoms in total. The zero-order valence-electron chi connectivity index (χ0n) is 20.8. The molecule has 0 aromatic heterocycles. The van der Waals surface area contributed by atoms with Crippen molar-refractivity contribution in [3.8, 4) is 23.0 Å². The molecule has 0 radical (unpaired) electrons. The van der Waals surface area contributed by atoms with Crippen molar-refractivity contribution in [3.05, 3.63) is 64.4 Å². The number of carbonyl (C=O) groups excluding carboxylic acids is 1. The van der Waals surface area contributed by atoms with Crippen LogP contribution in [0.5, 0.6) is 23.0 Å². The summed E-state index contributed by atoms with van der Waals surface area (Å²) in [5.41, 5.74) is 6.59. The molecule has 0 bridgehead atoms. The lowest BCUT2D eigenvalue weighted by molar-refractivity contribution is -0.118. The van der Waals surface area contributed by atoms with E-state index in [0.717, 1.165) is 59.0 Å². The van der Waals surface area contributed by atoms with E-state index < -0.39 is 0 Å². The van der Waals surface area contributed by atoms with Crippen LogP contribution in [-0.2, 0) is 11.2 Å². The van der Waals surface area contributed by atoms with Gasteiger partial charge in [0.1, 0.15) is 0 Å². The van der Waals surface area contributed by atoms with Gasteiger partial charge in [0, 0.05) is 41.4 Å². The van der Waals surface area contributed by atoms with Crippen LogP contribution in [0.25, 0.3) is 5.70 Å². The van der Waals surface area contributed by atoms with Gasteiger partial charge in [-0.1, -0.05) is 19.9 Å². The van der Waals surface area contributed by atoms with E-state index >= 15 is 0 Å². The summed E-state index contributed by atoms with van der Waals surface area (Å²) < 4.78 is 22.8. The minimum atomic E-state index is -0.152. The third kappa shape index (κ3) is 3.58. The zero-order valence-corrected chi connectivity index (χ0v) is 20.8. The fourth-order valence-corrected chi connectivity index (χ4v) is 5.94. The molecule has 4 aliphatic rings. The number of fused-ring (bicyclic) bond motifs is 5. The average Bonchev–Trinajstić information content (AvgIpc) is 3.29. The highest BCUT2D eigenvalue weighted by atomic mass is 16.7. The maximum atomic E-state index is 13.6. The van der Waals surface area contributed by atoms with Crippen molar-refractivity contribution in [2.45, 2.75) is 46.0 Å². The van der Waals surface area contributed by atoms with Crippen molar-refractivity contribution in [1.29, 1.82) is 0 Å². The second-order valence-corrected chi connectivity index (χ2v) is 10.4. The van der Waals surface area contributed by atoms with Crippen molar-refractivity contribution in [2.75, 3.05) is 27.1 Å². The Bertz CT molecular complexity index is 1290. The second kappa shape index (κ2) is 8.08. The number of ketones is 1. The zero-order chi connectivity index (χ0) is 24.3. The van der Waals surface area contributed by atoms with Gasteiger partial charge in [-0.2, -0.15) is 0 Å². The van der Waals surface area contributed by atoms with Crippen molar-refractivity contribution in [2.24, 2.45) is 5.41 Å². The van der Waals surface area contributed by atoms with E-state index in [9.17, 15) is 4.79 Å². The number of allylic oxidation sites excluding steroid dienone is 3. The molecule has 0 fully saturated rings. The Morgan fingerprint density at radius 1 is 1.09 bits per heavy atom. The number of ether oxygens (including phenoxy) is 4. The third-order valence-corrected chi connectivity index (χ3v) is 7.47. The monoisotopic (exact) mass is 473 g/mol. The summed E-state index contributed by atoms with van der Waals surface area (Å²) in [6, 6.07) is 10.2. The van der Waals surface area contributed by atoms with Gasteiger partial charge in [0.2, 0.25) is 6.79 Å². The van der Waals surface area contributed by atoms with Crippen molar-refractivity contribution >= 4 is 11.5 Å². The van der Waals surface area contributed by atoms with Gasteiger partial charge in [0.05, 0.1) is 13.7 Å². The molecule has 6 rings (SSSR count). The Hall–Kier alpha value is -3.41. The number of benzene rings is 2. The van der Waals surface area contributed by atoms with Gasteiger partial charge in [0.25, 0.3) is 0 Å². The lowest BCUT2D eigenvalue weighted by Gasteiger charge is -2.46. The molecule has 3 heterocycles. The van der Waals surface area contributed by atoms with E-state index in [1.54, 1.807) is 7.11 Å². The third-order valence-electron chi connectivity index (χ3n) is 7.47. The maximum Gasteiger partial charge on any atom is 0.231 e. The van der Waals surface area contributed by atoms with Crippen LogP contribution in [0.4, 0.5) is 0 Å². The van der Waals surface area contributed by atoms with Gasteiger partial charge in [-0.15, -0.1) is 0 Å². The second-order valence-electron chi connectivity index (χ2n) is 10.4. The summed E-state index contributed by atoms with van der Waals surface area (Å²) in [5.74, 6) is 3.08. The Kier molecular flexibility index (Phi) is 5.09. The maximum absolute atomic E-state index is 13.6. The number of methoxy groups -OCH3 is 1. The number of hydrogen-bond acceptors (Lipinski definition) is 6. The fraction of sp³-hybridized carbons (Fsp3) is 0.414. The predicted molar refractivity (Wildman–Crippen MR) is 133 cm³/mol. The van der Waals surface area contributed by atoms with Gasteiger partial charge >= 0.3 is 0 Å². The van der Waals surface area contributed by atoms with Crippen LogP contribution < -0.4 is 18.9 Å². The molecule has 182 valence electrons. The van der Waals surface area contributed by atoms with E-state index in [-0.39, 0.29) is 23.9 Å². The first-order valence-electron chi connectivity index (χ1n) is 12.4. The minimum absolute atomic E-state index is 0.0748. The summed E-state index contributed by atoms with van der Waals surface area (Å²) >= 11 is 0. The number of rotatable bonds is 4. The molecule has 2 aromatic carbocycles. The van der Waals surface area contributed by atoms with E-state index in [1.165, 1.54) is 5.56 Å². The first kappa shape index (κ1) is 22.1. The van der Waals surface area contributed by atoms with E-state index in [0.29, 0.717) is 24.5 Å². The highest BCUT2D eigenvalue weighted by Crippen LogP contribution is 2.52. The van der Waals surface area contributed by atoms with E-state index in [1.807, 2.05) is 19.1 Å². The van der Waals surface area contributed by atoms with Crippen LogP contribution in [0.15, 0.2) is 47.7 Å². The molecule has 0 amide bonds. The van der Waals surface area contributed by atoms with Crippen LogP contribution in [-0.4, -0.2) is 37.7 Å². The van der Waals surface area contributed by atoms with Gasteiger partial charge in [-0.25, -0.2) is 0 Å². The lowest BCUT2D eigenvalue weighted by atomic mass is 9.69. The molecule has 1 atom stereocenters. The van der Waals surface area contributed by atoms with Crippen LogP contribution in [0.2, 0.25) is 0 Å². The predicted octanol–water partition coefficient (Wildman–Crippen LogP) is 5.46. The fourth-order valence-electron chi connectivity index (χ4n) is 5.94. The molecule has 0 spiro atoms. The Morgan fingerprint density at radius 3 is 2.66 bits per heavy atom. The number of nitrogens with zero attached hydrogens (tertiary/aromatic N) is 1. The average molecular weight is 474 g/mol. The van der Waals surface area contributed by atoms with Gasteiger partial charge < -0.3 is 23.8 Å². The molecule has 35 heavy (non-hydrogen) atoms. The SMILES string of the molecule is CCOc1ccc([C@@H]2C=C3c4cc5c(cc4CCN3C3=C2C(=O)CC(C)(C)C3)OCO5)cc1OC. The number of carbonyl (C=O) groups is 1. The van der Waals surface area contributed by atoms with Crippen LogP contribution in [0.3, 0.4) is 0 Å². The van der Waals surface area contributed by atoms with Gasteiger partial charge in [-0.3, -0.25) is 4.79 Å². The molecule has 0 N–H and O–H groups in total. The molecular weight excluding hydrogens is 442 g/mol. The summed E-state index contributed by atoms with van der Waals surface area (Å²) in [6.45, 7) is 8.01. The number of Topliss-reactive ketones (excluding diaryl/α,β-unsaturated/α-hetero) is 1. The Morgan fingerprint density at radius 2 is 1.89 bits per heavy atom.